The Hall–Kier alpha value is -4.43. The van der Waals surface area contributed by atoms with E-state index in [9.17, 15) is 9.18 Å². The average molecular weight is 494 g/mol. The van der Waals surface area contributed by atoms with Gasteiger partial charge in [0, 0.05) is 17.2 Å². The fourth-order valence-electron chi connectivity index (χ4n) is 4.06. The molecular weight excluding hydrogens is 473 g/mol. The zero-order valence-electron chi connectivity index (χ0n) is 19.5. The highest BCUT2D eigenvalue weighted by Crippen LogP contribution is 2.30. The van der Waals surface area contributed by atoms with E-state index in [0.29, 0.717) is 22.0 Å². The lowest BCUT2D eigenvalue weighted by Gasteiger charge is -2.08. The minimum Gasteiger partial charge on any atom is -0.296 e. The number of aromatic nitrogens is 4. The second-order valence-corrected chi connectivity index (χ2v) is 9.61. The van der Waals surface area contributed by atoms with E-state index in [0.717, 1.165) is 27.0 Å². The number of rotatable bonds is 4. The van der Waals surface area contributed by atoms with Crippen molar-refractivity contribution in [3.8, 4) is 22.5 Å². The zero-order chi connectivity index (χ0) is 24.8. The van der Waals surface area contributed by atoms with Crippen LogP contribution in [0.4, 0.5) is 9.52 Å². The number of carbonyl (C=O) groups is 1. The molecule has 0 fully saturated rings. The molecule has 0 aliphatic heterocycles. The molecule has 0 unspecified atom stereocenters. The van der Waals surface area contributed by atoms with Gasteiger partial charge in [0.15, 0.2) is 10.8 Å². The lowest BCUT2D eigenvalue weighted by Crippen LogP contribution is -2.15. The predicted octanol–water partition coefficient (Wildman–Crippen LogP) is 6.68. The first-order valence-electron chi connectivity index (χ1n) is 11.4. The smallest absolute Gasteiger partial charge is 0.276 e. The molecule has 6 aromatic rings. The summed E-state index contributed by atoms with van der Waals surface area (Å²) in [6.07, 6.45) is 0. The van der Waals surface area contributed by atoms with Gasteiger partial charge in [-0.05, 0) is 67.4 Å². The molecule has 0 aliphatic rings. The highest BCUT2D eigenvalue weighted by molar-refractivity contribution is 7.22. The Labute approximate surface area is 210 Å². The molecule has 0 saturated carbocycles. The largest absolute Gasteiger partial charge is 0.296 e. The van der Waals surface area contributed by atoms with E-state index in [1.54, 1.807) is 22.7 Å². The van der Waals surface area contributed by atoms with Crippen molar-refractivity contribution in [1.82, 2.24) is 19.6 Å². The Balaban J connectivity index is 1.43. The summed E-state index contributed by atoms with van der Waals surface area (Å²) in [7, 11) is 0. The Morgan fingerprint density at radius 3 is 2.42 bits per heavy atom. The summed E-state index contributed by atoms with van der Waals surface area (Å²) in [6.45, 7) is 4.09. The summed E-state index contributed by atoms with van der Waals surface area (Å²) in [6, 6.07) is 23.4. The van der Waals surface area contributed by atoms with Gasteiger partial charge in [-0.1, -0.05) is 41.7 Å². The van der Waals surface area contributed by atoms with Crippen molar-refractivity contribution >= 4 is 38.2 Å². The number of hydrogen-bond acceptors (Lipinski definition) is 5. The molecule has 3 heterocycles. The molecule has 1 N–H and O–H groups in total. The van der Waals surface area contributed by atoms with Crippen LogP contribution in [0.25, 0.3) is 38.4 Å². The van der Waals surface area contributed by atoms with Crippen LogP contribution < -0.4 is 5.32 Å². The van der Waals surface area contributed by atoms with Crippen LogP contribution in [0.1, 0.15) is 21.6 Å². The minimum atomic E-state index is -0.379. The predicted molar refractivity (Wildman–Crippen MR) is 141 cm³/mol. The number of benzene rings is 3. The normalized spacial score (nSPS) is 11.3. The first kappa shape index (κ1) is 22.1. The van der Waals surface area contributed by atoms with Crippen LogP contribution in [0, 0.1) is 19.7 Å². The monoisotopic (exact) mass is 493 g/mol. The van der Waals surface area contributed by atoms with Crippen LogP contribution in [-0.4, -0.2) is 25.5 Å². The number of halogens is 1. The lowest BCUT2D eigenvalue weighted by atomic mass is 10.1. The lowest BCUT2D eigenvalue weighted by molar-refractivity contribution is 0.102. The summed E-state index contributed by atoms with van der Waals surface area (Å²) in [5.41, 5.74) is 6.89. The van der Waals surface area contributed by atoms with Crippen LogP contribution >= 0.6 is 11.3 Å². The third-order valence-electron chi connectivity index (χ3n) is 6.09. The highest BCUT2D eigenvalue weighted by atomic mass is 32.1. The molecule has 3 aromatic carbocycles. The number of amides is 1. The van der Waals surface area contributed by atoms with Crippen molar-refractivity contribution in [1.29, 1.82) is 0 Å². The van der Waals surface area contributed by atoms with Gasteiger partial charge in [-0.3, -0.25) is 10.1 Å². The average Bonchev–Trinajstić information content (AvgIpc) is 3.48. The van der Waals surface area contributed by atoms with Crippen LogP contribution in [0.2, 0.25) is 0 Å². The molecule has 0 saturated heterocycles. The topological polar surface area (TPSA) is 72.2 Å². The van der Waals surface area contributed by atoms with Gasteiger partial charge in [0.25, 0.3) is 5.91 Å². The Kier molecular flexibility index (Phi) is 5.30. The molecule has 3 aromatic heterocycles. The summed E-state index contributed by atoms with van der Waals surface area (Å²) >= 11 is 1.42. The molecule has 0 spiro atoms. The molecule has 1 amide bonds. The quantitative estimate of drug-likeness (QED) is 0.297. The molecule has 176 valence electrons. The molecule has 0 radical (unpaired) electrons. The third-order valence-corrected chi connectivity index (χ3v) is 7.03. The van der Waals surface area contributed by atoms with E-state index in [1.807, 2.05) is 49.4 Å². The van der Waals surface area contributed by atoms with E-state index in [2.05, 4.69) is 28.3 Å². The fourth-order valence-corrected chi connectivity index (χ4v) is 5.00. The van der Waals surface area contributed by atoms with E-state index >= 15 is 0 Å². The number of aryl methyl sites for hydroxylation is 2. The molecule has 36 heavy (non-hydrogen) atoms. The van der Waals surface area contributed by atoms with Gasteiger partial charge < -0.3 is 0 Å². The van der Waals surface area contributed by atoms with Gasteiger partial charge in [-0.15, -0.1) is 0 Å². The van der Waals surface area contributed by atoms with Crippen molar-refractivity contribution in [3.05, 3.63) is 102 Å². The molecule has 6 rings (SSSR count). The molecule has 0 bridgehead atoms. The van der Waals surface area contributed by atoms with Crippen LogP contribution in [0.5, 0.6) is 0 Å². The Bertz CT molecular complexity index is 1720. The Morgan fingerprint density at radius 2 is 1.64 bits per heavy atom. The van der Waals surface area contributed by atoms with Crippen molar-refractivity contribution in [2.45, 2.75) is 13.8 Å². The number of carbonyl (C=O) groups excluding carboxylic acids is 1. The minimum absolute atomic E-state index is 0.216. The third kappa shape index (κ3) is 4.01. The second kappa shape index (κ2) is 8.66. The van der Waals surface area contributed by atoms with Gasteiger partial charge in [-0.25, -0.2) is 18.9 Å². The van der Waals surface area contributed by atoms with Gasteiger partial charge in [0.2, 0.25) is 0 Å². The number of nitrogens with zero attached hydrogens (tertiary/aromatic N) is 4. The van der Waals surface area contributed by atoms with Crippen LogP contribution in [-0.2, 0) is 0 Å². The highest BCUT2D eigenvalue weighted by Gasteiger charge is 2.18. The zero-order valence-corrected chi connectivity index (χ0v) is 20.3. The van der Waals surface area contributed by atoms with E-state index < -0.39 is 0 Å². The molecule has 8 heteroatoms. The first-order valence-corrected chi connectivity index (χ1v) is 12.2. The number of nitrogens with one attached hydrogen (secondary N) is 1. The molecular formula is C28H20FN5OS. The summed E-state index contributed by atoms with van der Waals surface area (Å²) in [4.78, 5) is 22.5. The SMILES string of the molecule is Cc1cc2nc(NC(=O)c3cc(-c4ccc(F)cc4)n4nc(-c5ccccc5)cc4n3)sc2cc1C. The standard InChI is InChI=1S/C28H20FN5OS/c1-16-12-22-25(13-17(16)2)36-28(31-22)32-27(35)23-14-24(19-8-10-20(29)11-9-19)34-26(30-23)15-21(33-34)18-6-4-3-5-7-18/h3-15H,1-2H3,(H,31,32,35). The summed E-state index contributed by atoms with van der Waals surface area (Å²) in [5.74, 6) is -0.718. The van der Waals surface area contributed by atoms with Crippen molar-refractivity contribution < 1.29 is 9.18 Å². The van der Waals surface area contributed by atoms with Crippen molar-refractivity contribution in [3.63, 3.8) is 0 Å². The summed E-state index contributed by atoms with van der Waals surface area (Å²) in [5, 5.41) is 8.13. The van der Waals surface area contributed by atoms with Gasteiger partial charge in [-0.2, -0.15) is 5.10 Å². The van der Waals surface area contributed by atoms with Gasteiger partial charge >= 0.3 is 0 Å². The van der Waals surface area contributed by atoms with Crippen molar-refractivity contribution in [2.75, 3.05) is 5.32 Å². The van der Waals surface area contributed by atoms with E-state index in [-0.39, 0.29) is 17.4 Å². The fraction of sp³-hybridized carbons (Fsp3) is 0.0714. The van der Waals surface area contributed by atoms with Crippen LogP contribution in [0.3, 0.4) is 0 Å². The van der Waals surface area contributed by atoms with Crippen molar-refractivity contribution in [2.24, 2.45) is 0 Å². The first-order chi connectivity index (χ1) is 17.4. The summed E-state index contributed by atoms with van der Waals surface area (Å²) < 4.78 is 16.3. The van der Waals surface area contributed by atoms with E-state index in [4.69, 9.17) is 5.10 Å². The molecule has 6 nitrogen and oxygen atoms in total. The maximum atomic E-state index is 13.6. The number of hydrogen-bond donors (Lipinski definition) is 1. The second-order valence-electron chi connectivity index (χ2n) is 8.58. The maximum Gasteiger partial charge on any atom is 0.276 e. The Morgan fingerprint density at radius 1 is 0.889 bits per heavy atom. The van der Waals surface area contributed by atoms with E-state index in [1.165, 1.54) is 29.0 Å². The molecule has 0 atom stereocenters. The van der Waals surface area contributed by atoms with Crippen LogP contribution in [0.15, 0.2) is 78.9 Å². The number of fused-ring (bicyclic) bond motifs is 2. The maximum absolute atomic E-state index is 13.6. The molecule has 0 aliphatic carbocycles. The number of anilines is 1. The number of thiazole rings is 1. The van der Waals surface area contributed by atoms with Gasteiger partial charge in [0.05, 0.1) is 21.6 Å². The van der Waals surface area contributed by atoms with Gasteiger partial charge in [0.1, 0.15) is 11.5 Å².